The number of nitrogens with one attached hydrogen (secondary N) is 1. The highest BCUT2D eigenvalue weighted by atomic mass is 35.5. The molecule has 90 valence electrons. The molecule has 2 rings (SSSR count). The Morgan fingerprint density at radius 2 is 2.00 bits per heavy atom. The highest BCUT2D eigenvalue weighted by Gasteiger charge is 2.27. The molecule has 1 aliphatic carbocycles. The van der Waals surface area contributed by atoms with Crippen molar-refractivity contribution < 1.29 is 0 Å². The summed E-state index contributed by atoms with van der Waals surface area (Å²) >= 11 is 6.05. The van der Waals surface area contributed by atoms with Gasteiger partial charge >= 0.3 is 0 Å². The van der Waals surface area contributed by atoms with Crippen molar-refractivity contribution >= 4 is 23.0 Å². The van der Waals surface area contributed by atoms with Crippen LogP contribution in [0.15, 0.2) is 41.0 Å². The molecule has 1 aliphatic rings. The van der Waals surface area contributed by atoms with Crippen LogP contribution in [0.1, 0.15) is 27.2 Å². The van der Waals surface area contributed by atoms with E-state index in [1.54, 1.807) is 0 Å². The minimum absolute atomic E-state index is 0.223. The third kappa shape index (κ3) is 2.70. The predicted molar refractivity (Wildman–Crippen MR) is 74.7 cm³/mol. The number of halogens is 1. The summed E-state index contributed by atoms with van der Waals surface area (Å²) in [6.45, 7) is 6.62. The maximum Gasteiger partial charge on any atom is 0.0748 e. The zero-order chi connectivity index (χ0) is 12.5. The monoisotopic (exact) mass is 248 g/mol. The maximum atomic E-state index is 6.05. The average molecular weight is 249 g/mol. The van der Waals surface area contributed by atoms with Crippen LogP contribution in [-0.4, -0.2) is 5.71 Å². The average Bonchev–Trinajstić information content (AvgIpc) is 2.52. The van der Waals surface area contributed by atoms with Crippen molar-refractivity contribution in [2.24, 2.45) is 10.5 Å². The molecule has 0 saturated heterocycles. The van der Waals surface area contributed by atoms with Gasteiger partial charge in [-0.15, -0.1) is 0 Å². The zero-order valence-corrected chi connectivity index (χ0v) is 11.2. The van der Waals surface area contributed by atoms with E-state index >= 15 is 0 Å². The molecule has 0 aliphatic heterocycles. The van der Waals surface area contributed by atoms with Gasteiger partial charge in [0, 0.05) is 6.42 Å². The number of hydrogen-bond acceptors (Lipinski definition) is 2. The lowest BCUT2D eigenvalue weighted by Crippen LogP contribution is -2.10. The van der Waals surface area contributed by atoms with Crippen LogP contribution in [0.3, 0.4) is 0 Å². The minimum atomic E-state index is 0.223. The summed E-state index contributed by atoms with van der Waals surface area (Å²) in [7, 11) is 0. The van der Waals surface area contributed by atoms with E-state index in [0.717, 1.165) is 17.8 Å². The van der Waals surface area contributed by atoms with Crippen molar-refractivity contribution in [2.75, 3.05) is 5.43 Å². The normalized spacial score (nSPS) is 20.5. The summed E-state index contributed by atoms with van der Waals surface area (Å²) in [5.74, 6) is 0. The second-order valence-electron chi connectivity index (χ2n) is 5.08. The Hall–Kier alpha value is -1.28. The molecule has 0 spiro atoms. The number of benzene rings is 1. The Morgan fingerprint density at radius 1 is 1.29 bits per heavy atom. The van der Waals surface area contributed by atoms with Crippen LogP contribution in [0.4, 0.5) is 5.69 Å². The minimum Gasteiger partial charge on any atom is -0.277 e. The van der Waals surface area contributed by atoms with E-state index in [2.05, 4.69) is 37.4 Å². The quantitative estimate of drug-likeness (QED) is 0.767. The fraction of sp³-hybridized carbons (Fsp3) is 0.357. The van der Waals surface area contributed by atoms with Crippen molar-refractivity contribution in [1.82, 2.24) is 0 Å². The summed E-state index contributed by atoms with van der Waals surface area (Å²) in [4.78, 5) is 0. The van der Waals surface area contributed by atoms with Gasteiger partial charge in [-0.3, -0.25) is 5.43 Å². The molecule has 0 unspecified atom stereocenters. The smallest absolute Gasteiger partial charge is 0.0748 e. The number of para-hydroxylation sites is 1. The first-order valence-corrected chi connectivity index (χ1v) is 6.13. The molecular weight excluding hydrogens is 232 g/mol. The highest BCUT2D eigenvalue weighted by molar-refractivity contribution is 6.33. The van der Waals surface area contributed by atoms with E-state index in [0.29, 0.717) is 5.02 Å². The Balaban J connectivity index is 2.12. The number of nitrogens with zero attached hydrogens (tertiary/aromatic N) is 1. The van der Waals surface area contributed by atoms with Crippen LogP contribution in [0.25, 0.3) is 0 Å². The van der Waals surface area contributed by atoms with Crippen LogP contribution >= 0.6 is 11.6 Å². The summed E-state index contributed by atoms with van der Waals surface area (Å²) in [6.07, 6.45) is 3.11. The van der Waals surface area contributed by atoms with Crippen molar-refractivity contribution in [1.29, 1.82) is 0 Å². The van der Waals surface area contributed by atoms with Gasteiger partial charge in [0.1, 0.15) is 0 Å². The molecule has 0 atom stereocenters. The molecule has 0 amide bonds. The van der Waals surface area contributed by atoms with Gasteiger partial charge in [-0.2, -0.15) is 5.10 Å². The van der Waals surface area contributed by atoms with E-state index in [4.69, 9.17) is 11.6 Å². The van der Waals surface area contributed by atoms with Crippen molar-refractivity contribution in [2.45, 2.75) is 27.2 Å². The first-order chi connectivity index (χ1) is 7.99. The van der Waals surface area contributed by atoms with E-state index < -0.39 is 0 Å². The Morgan fingerprint density at radius 3 is 2.59 bits per heavy atom. The summed E-state index contributed by atoms with van der Waals surface area (Å²) in [5.41, 5.74) is 6.54. The number of anilines is 1. The molecule has 1 aromatic carbocycles. The van der Waals surface area contributed by atoms with Crippen LogP contribution in [-0.2, 0) is 0 Å². The lowest BCUT2D eigenvalue weighted by atomic mass is 9.87. The summed E-state index contributed by atoms with van der Waals surface area (Å²) < 4.78 is 0. The Kier molecular flexibility index (Phi) is 3.25. The second-order valence-corrected chi connectivity index (χ2v) is 5.49. The fourth-order valence-electron chi connectivity index (χ4n) is 1.84. The second kappa shape index (κ2) is 4.53. The van der Waals surface area contributed by atoms with Crippen LogP contribution < -0.4 is 5.43 Å². The van der Waals surface area contributed by atoms with Gasteiger partial charge in [0.05, 0.1) is 16.4 Å². The first kappa shape index (κ1) is 12.2. The van der Waals surface area contributed by atoms with Crippen LogP contribution in [0.5, 0.6) is 0 Å². The van der Waals surface area contributed by atoms with Crippen molar-refractivity contribution in [3.8, 4) is 0 Å². The number of hydrogen-bond donors (Lipinski definition) is 1. The Bertz CT molecular complexity index is 487. The van der Waals surface area contributed by atoms with Gasteiger partial charge in [0.25, 0.3) is 0 Å². The molecule has 0 fully saturated rings. The maximum absolute atomic E-state index is 6.05. The zero-order valence-electron chi connectivity index (χ0n) is 10.4. The topological polar surface area (TPSA) is 24.4 Å². The van der Waals surface area contributed by atoms with E-state index in [9.17, 15) is 0 Å². The highest BCUT2D eigenvalue weighted by Crippen LogP contribution is 2.36. The molecule has 1 N–H and O–H groups in total. The number of hydrazone groups is 1. The van der Waals surface area contributed by atoms with E-state index in [-0.39, 0.29) is 5.41 Å². The molecule has 17 heavy (non-hydrogen) atoms. The van der Waals surface area contributed by atoms with Gasteiger partial charge in [-0.1, -0.05) is 43.2 Å². The SMILES string of the molecule is CC1=C/C(=N\Nc2ccccc2Cl)CC1(C)C. The van der Waals surface area contributed by atoms with Crippen molar-refractivity contribution in [3.63, 3.8) is 0 Å². The molecular formula is C14H17ClN2. The fourth-order valence-corrected chi connectivity index (χ4v) is 2.02. The lowest BCUT2D eigenvalue weighted by Gasteiger charge is -2.18. The summed E-state index contributed by atoms with van der Waals surface area (Å²) in [6, 6.07) is 7.62. The molecule has 2 nitrogen and oxygen atoms in total. The standard InChI is InChI=1S/C14H17ClN2/c1-10-8-11(9-14(10,2)3)16-17-13-7-5-4-6-12(13)15/h4-8,17H,9H2,1-3H3/b16-11+. The van der Waals surface area contributed by atoms with E-state index in [1.807, 2.05) is 24.3 Å². The van der Waals surface area contributed by atoms with Gasteiger partial charge in [0.2, 0.25) is 0 Å². The third-order valence-electron chi connectivity index (χ3n) is 3.27. The number of allylic oxidation sites excluding steroid dienone is 2. The van der Waals surface area contributed by atoms with E-state index in [1.165, 1.54) is 5.57 Å². The molecule has 0 bridgehead atoms. The molecule has 0 saturated carbocycles. The summed E-state index contributed by atoms with van der Waals surface area (Å²) in [5, 5.41) is 5.10. The lowest BCUT2D eigenvalue weighted by molar-refractivity contribution is 0.482. The van der Waals surface area contributed by atoms with Crippen LogP contribution in [0, 0.1) is 5.41 Å². The first-order valence-electron chi connectivity index (χ1n) is 5.75. The molecule has 1 aromatic rings. The molecule has 0 aromatic heterocycles. The van der Waals surface area contributed by atoms with Crippen molar-refractivity contribution in [3.05, 3.63) is 40.9 Å². The van der Waals surface area contributed by atoms with Crippen LogP contribution in [0.2, 0.25) is 5.02 Å². The largest absolute Gasteiger partial charge is 0.277 e. The predicted octanol–water partition coefficient (Wildman–Crippen LogP) is 4.48. The molecule has 0 heterocycles. The van der Waals surface area contributed by atoms with Gasteiger partial charge in [-0.05, 0) is 30.5 Å². The third-order valence-corrected chi connectivity index (χ3v) is 3.60. The molecule has 0 radical (unpaired) electrons. The molecule has 3 heteroatoms. The van der Waals surface area contributed by atoms with Gasteiger partial charge in [-0.25, -0.2) is 0 Å². The van der Waals surface area contributed by atoms with Gasteiger partial charge in [0.15, 0.2) is 0 Å². The number of rotatable bonds is 2. The van der Waals surface area contributed by atoms with Gasteiger partial charge < -0.3 is 0 Å². The Labute approximate surface area is 107 Å².